The van der Waals surface area contributed by atoms with Crippen LogP contribution in [0.3, 0.4) is 0 Å². The lowest BCUT2D eigenvalue weighted by molar-refractivity contribution is 0.475. The van der Waals surface area contributed by atoms with E-state index in [9.17, 15) is 5.11 Å². The summed E-state index contributed by atoms with van der Waals surface area (Å²) in [5.74, 6) is 0.186. The van der Waals surface area contributed by atoms with Crippen LogP contribution in [0.15, 0.2) is 273 Å². The molecule has 0 atom stereocenters. The number of phenolic OH excluding ortho intramolecular Hbond substituents is 1. The van der Waals surface area contributed by atoms with E-state index in [-0.39, 0.29) is 11.2 Å². The van der Waals surface area contributed by atoms with Crippen molar-refractivity contribution in [3.63, 3.8) is 0 Å². The third-order valence-corrected chi connectivity index (χ3v) is 14.2. The Morgan fingerprint density at radius 3 is 1.09 bits per heavy atom. The lowest BCUT2D eigenvalue weighted by Crippen LogP contribution is -2.19. The molecular formula is C70H55N3O. The molecule has 0 radical (unpaired) electrons. The zero-order valence-corrected chi connectivity index (χ0v) is 41.8. The van der Waals surface area contributed by atoms with Gasteiger partial charge in [-0.2, -0.15) is 0 Å². The maximum Gasteiger partial charge on any atom is 0.117 e. The van der Waals surface area contributed by atoms with E-state index < -0.39 is 0 Å². The zero-order chi connectivity index (χ0) is 50.2. The van der Waals surface area contributed by atoms with Crippen LogP contribution in [0.25, 0.3) is 72.0 Å². The second-order valence-corrected chi connectivity index (χ2v) is 19.9. The number of hydrogen-bond acceptors (Lipinski definition) is 3. The predicted molar refractivity (Wildman–Crippen MR) is 312 cm³/mol. The van der Waals surface area contributed by atoms with Gasteiger partial charge in [0.2, 0.25) is 0 Å². The normalized spacial score (nSPS) is 11.5. The van der Waals surface area contributed by atoms with Gasteiger partial charge in [-0.05, 0) is 93.9 Å². The average molecular weight is 954 g/mol. The summed E-state index contributed by atoms with van der Waals surface area (Å²) in [6.07, 6.45) is 0. The molecule has 12 rings (SSSR count). The number of benzene rings is 11. The van der Waals surface area contributed by atoms with Gasteiger partial charge in [-0.1, -0.05) is 227 Å². The number of fused-ring (bicyclic) bond motifs is 3. The molecule has 74 heavy (non-hydrogen) atoms. The number of phenols is 1. The van der Waals surface area contributed by atoms with E-state index in [1.54, 1.807) is 6.07 Å². The highest BCUT2D eigenvalue weighted by Crippen LogP contribution is 2.52. The number of anilines is 6. The van der Waals surface area contributed by atoms with E-state index in [4.69, 9.17) is 0 Å². The highest BCUT2D eigenvalue weighted by Gasteiger charge is 2.29. The van der Waals surface area contributed by atoms with Crippen molar-refractivity contribution < 1.29 is 5.11 Å². The molecule has 12 aromatic rings. The van der Waals surface area contributed by atoms with E-state index in [2.05, 4.69) is 290 Å². The number of nitrogens with zero attached hydrogens (tertiary/aromatic N) is 3. The highest BCUT2D eigenvalue weighted by atomic mass is 16.3. The minimum Gasteiger partial charge on any atom is -0.508 e. The summed E-state index contributed by atoms with van der Waals surface area (Å²) in [6, 6.07) is 97.3. The topological polar surface area (TPSA) is 31.6 Å². The number of aromatic nitrogens is 1. The lowest BCUT2D eigenvalue weighted by Gasteiger charge is -2.35. The monoisotopic (exact) mass is 953 g/mol. The van der Waals surface area contributed by atoms with Gasteiger partial charge in [-0.15, -0.1) is 0 Å². The van der Waals surface area contributed by atoms with Crippen molar-refractivity contribution in [2.75, 3.05) is 9.80 Å². The first-order valence-corrected chi connectivity index (χ1v) is 25.4. The van der Waals surface area contributed by atoms with Crippen LogP contribution in [0.4, 0.5) is 34.1 Å². The molecule has 0 spiro atoms. The molecule has 1 aromatic heterocycles. The van der Waals surface area contributed by atoms with Gasteiger partial charge in [0, 0.05) is 67.5 Å². The van der Waals surface area contributed by atoms with Crippen molar-refractivity contribution in [2.45, 2.75) is 26.2 Å². The molecule has 356 valence electrons. The third-order valence-electron chi connectivity index (χ3n) is 14.2. The van der Waals surface area contributed by atoms with E-state index in [1.807, 2.05) is 12.1 Å². The van der Waals surface area contributed by atoms with E-state index in [0.29, 0.717) is 0 Å². The molecular weight excluding hydrogens is 899 g/mol. The fraction of sp³-hybridized carbons (Fsp3) is 0.0571. The highest BCUT2D eigenvalue weighted by molar-refractivity contribution is 6.09. The summed E-state index contributed by atoms with van der Waals surface area (Å²) in [5, 5.41) is 13.9. The Balaban J connectivity index is 1.20. The summed E-state index contributed by atoms with van der Waals surface area (Å²) in [6.45, 7) is 6.88. The van der Waals surface area contributed by atoms with Gasteiger partial charge in [0.15, 0.2) is 0 Å². The first-order chi connectivity index (χ1) is 36.3. The predicted octanol–water partition coefficient (Wildman–Crippen LogP) is 19.4. The summed E-state index contributed by atoms with van der Waals surface area (Å²) in [5.41, 5.74) is 18.8. The minimum absolute atomic E-state index is 0.186. The molecule has 0 aliphatic rings. The van der Waals surface area contributed by atoms with E-state index in [0.717, 1.165) is 101 Å². The Kier molecular flexibility index (Phi) is 11.9. The Labute approximate surface area is 434 Å². The molecule has 4 nitrogen and oxygen atoms in total. The number of hydrogen-bond donors (Lipinski definition) is 1. The molecule has 11 aromatic carbocycles. The van der Waals surface area contributed by atoms with Crippen LogP contribution in [0.5, 0.6) is 5.75 Å². The van der Waals surface area contributed by atoms with Crippen LogP contribution in [0, 0.1) is 0 Å². The van der Waals surface area contributed by atoms with Gasteiger partial charge in [0.05, 0.1) is 22.4 Å². The van der Waals surface area contributed by atoms with Crippen LogP contribution in [0.2, 0.25) is 0 Å². The number of rotatable bonds is 11. The van der Waals surface area contributed by atoms with Crippen LogP contribution in [-0.4, -0.2) is 9.67 Å². The number of aromatic hydroxyl groups is 1. The number of para-hydroxylation sites is 4. The molecule has 0 unspecified atom stereocenters. The fourth-order valence-electron chi connectivity index (χ4n) is 10.7. The molecule has 1 heterocycles. The van der Waals surface area contributed by atoms with Crippen LogP contribution in [-0.2, 0) is 5.41 Å². The Bertz CT molecular complexity index is 3780. The quantitative estimate of drug-likeness (QED) is 0.140. The smallest absolute Gasteiger partial charge is 0.117 e. The van der Waals surface area contributed by atoms with E-state index in [1.165, 1.54) is 10.8 Å². The summed E-state index contributed by atoms with van der Waals surface area (Å²) >= 11 is 0. The van der Waals surface area contributed by atoms with Gasteiger partial charge in [-0.25, -0.2) is 0 Å². The second kappa shape index (κ2) is 19.3. The second-order valence-electron chi connectivity index (χ2n) is 19.9. The maximum atomic E-state index is 11.4. The Morgan fingerprint density at radius 2 is 0.689 bits per heavy atom. The molecule has 0 aliphatic heterocycles. The van der Waals surface area contributed by atoms with Crippen LogP contribution in [0.1, 0.15) is 26.3 Å². The van der Waals surface area contributed by atoms with Crippen LogP contribution < -0.4 is 9.80 Å². The molecule has 4 heteroatoms. The van der Waals surface area contributed by atoms with Gasteiger partial charge >= 0.3 is 0 Å². The SMILES string of the molecule is CC(C)(C)c1cc(N(c2cccc(O)c2)c2c(-c3ccccc3)cccc2-c2ccccc2)cc(N(c2cccc(-n3c4ccccc4c4ccccc43)c2)c2c(-c3ccccc3)cccc2-c2ccccc2)c1. The van der Waals surface area contributed by atoms with Crippen molar-refractivity contribution in [3.8, 4) is 55.9 Å². The lowest BCUT2D eigenvalue weighted by atomic mass is 9.85. The molecule has 0 saturated heterocycles. The largest absolute Gasteiger partial charge is 0.508 e. The summed E-state index contributed by atoms with van der Waals surface area (Å²) < 4.78 is 2.40. The third kappa shape index (κ3) is 8.56. The molecule has 1 N–H and O–H groups in total. The first-order valence-electron chi connectivity index (χ1n) is 25.4. The Morgan fingerprint density at radius 1 is 0.324 bits per heavy atom. The summed E-state index contributed by atoms with van der Waals surface area (Å²) in [4.78, 5) is 4.85. The summed E-state index contributed by atoms with van der Waals surface area (Å²) in [7, 11) is 0. The first kappa shape index (κ1) is 45.7. The van der Waals surface area contributed by atoms with Crippen molar-refractivity contribution >= 4 is 55.9 Å². The Hall–Kier alpha value is -9.38. The molecule has 0 saturated carbocycles. The molecule has 0 aliphatic carbocycles. The van der Waals surface area contributed by atoms with E-state index >= 15 is 0 Å². The molecule has 0 bridgehead atoms. The van der Waals surface area contributed by atoms with Crippen molar-refractivity contribution in [3.05, 3.63) is 279 Å². The van der Waals surface area contributed by atoms with Crippen molar-refractivity contribution in [1.82, 2.24) is 4.57 Å². The van der Waals surface area contributed by atoms with Gasteiger partial charge in [-0.3, -0.25) is 0 Å². The molecule has 0 fully saturated rings. The van der Waals surface area contributed by atoms with Gasteiger partial charge in [0.1, 0.15) is 5.75 Å². The van der Waals surface area contributed by atoms with Crippen LogP contribution >= 0.6 is 0 Å². The maximum absolute atomic E-state index is 11.4. The standard InChI is InChI=1S/C70H55N3O/c1-70(2,3)53-44-57(47-58(45-53)72(56-34-21-35-59(74)48-56)69-62(51-28-12-6-13-29-51)40-23-41-63(69)52-30-14-7-15-31-52)71(68-60(49-24-8-4-9-25-49)38-22-39-61(68)50-26-10-5-11-27-50)54-32-20-33-55(46-54)73-66-42-18-16-36-64(66)65-37-17-19-43-67(65)73/h4-48,74H,1-3H3. The fourth-order valence-corrected chi connectivity index (χ4v) is 10.7. The van der Waals surface area contributed by atoms with Gasteiger partial charge < -0.3 is 19.5 Å². The zero-order valence-electron chi connectivity index (χ0n) is 41.8. The van der Waals surface area contributed by atoms with Crippen molar-refractivity contribution in [1.29, 1.82) is 0 Å². The van der Waals surface area contributed by atoms with Gasteiger partial charge in [0.25, 0.3) is 0 Å². The minimum atomic E-state index is -0.297. The molecule has 0 amide bonds. The average Bonchev–Trinajstić information content (AvgIpc) is 3.78. The van der Waals surface area contributed by atoms with Crippen molar-refractivity contribution in [2.24, 2.45) is 0 Å².